The maximum Gasteiger partial charge on any atom is 0.243 e. The van der Waals surface area contributed by atoms with Crippen LogP contribution in [0, 0.1) is 5.92 Å². The zero-order chi connectivity index (χ0) is 30.0. The number of Topliss-reactive ketones (excluding diaryl/α,β-unsaturated/α-hetero) is 1. The van der Waals surface area contributed by atoms with E-state index in [1.165, 1.54) is 0 Å². The topological polar surface area (TPSA) is 123 Å². The molecule has 0 rings (SSSR count). The summed E-state index contributed by atoms with van der Waals surface area (Å²) >= 11 is 0. The summed E-state index contributed by atoms with van der Waals surface area (Å²) < 4.78 is 0. The van der Waals surface area contributed by atoms with Crippen LogP contribution in [0.4, 0.5) is 0 Å². The van der Waals surface area contributed by atoms with Crippen molar-refractivity contribution in [3.63, 3.8) is 0 Å². The van der Waals surface area contributed by atoms with Crippen LogP contribution >= 0.6 is 0 Å². The maximum atomic E-state index is 13.5. The second-order valence-electron chi connectivity index (χ2n) is 12.3. The third-order valence-corrected chi connectivity index (χ3v) is 6.38. The first kappa shape index (κ1) is 37.5. The molecule has 9 heteroatoms. The molecule has 0 aliphatic carbocycles. The summed E-state index contributed by atoms with van der Waals surface area (Å²) in [5.74, 6) is -0.612. The number of hydrogen-bond donors (Lipinski definition) is 6. The lowest BCUT2D eigenvalue weighted by atomic mass is 9.97. The summed E-state index contributed by atoms with van der Waals surface area (Å²) in [6.45, 7) is 22.7. The van der Waals surface area contributed by atoms with Crippen molar-refractivity contribution in [1.82, 2.24) is 31.9 Å². The lowest BCUT2D eigenvalue weighted by Crippen LogP contribution is -2.56. The van der Waals surface area contributed by atoms with Crippen LogP contribution in [0.2, 0.25) is 0 Å². The van der Waals surface area contributed by atoms with E-state index in [4.69, 9.17) is 0 Å². The van der Waals surface area contributed by atoms with Gasteiger partial charge < -0.3 is 31.9 Å². The van der Waals surface area contributed by atoms with E-state index in [-0.39, 0.29) is 29.6 Å². The molecule has 0 heterocycles. The van der Waals surface area contributed by atoms with Gasteiger partial charge in [-0.05, 0) is 58.2 Å². The molecule has 2 amide bonds. The molecule has 3 atom stereocenters. The quantitative estimate of drug-likeness (QED) is 0.107. The number of rotatable bonds is 23. The fourth-order valence-electron chi connectivity index (χ4n) is 4.28. The molecule has 0 aromatic carbocycles. The van der Waals surface area contributed by atoms with Crippen LogP contribution in [0.1, 0.15) is 108 Å². The van der Waals surface area contributed by atoms with Crippen LogP contribution in [-0.2, 0) is 14.4 Å². The molecule has 0 radical (unpaired) electrons. The standard InChI is InChI=1S/C30H62N6O3/c1-20(2)28(37)25(14-11-17-31-21(3)4)35-30(39)27(16-13-19-33-23(7)8)36-29(38)26(34-24(9)10)15-12-18-32-22(5)6/h20-27,31-34H,11-19H2,1-10H3,(H,35,39)(H,36,38). The van der Waals surface area contributed by atoms with Gasteiger partial charge in [-0.15, -0.1) is 0 Å². The Morgan fingerprint density at radius 1 is 0.487 bits per heavy atom. The van der Waals surface area contributed by atoms with E-state index < -0.39 is 18.1 Å². The van der Waals surface area contributed by atoms with Crippen molar-refractivity contribution in [2.45, 2.75) is 150 Å². The van der Waals surface area contributed by atoms with Gasteiger partial charge in [0.15, 0.2) is 5.78 Å². The fourth-order valence-corrected chi connectivity index (χ4v) is 4.28. The van der Waals surface area contributed by atoms with Gasteiger partial charge >= 0.3 is 0 Å². The van der Waals surface area contributed by atoms with Gasteiger partial charge in [0.2, 0.25) is 11.8 Å². The first-order chi connectivity index (χ1) is 18.2. The van der Waals surface area contributed by atoms with Crippen LogP contribution in [0.5, 0.6) is 0 Å². The Bertz CT molecular complexity index is 682. The highest BCUT2D eigenvalue weighted by Crippen LogP contribution is 2.09. The normalized spacial score (nSPS) is 14.3. The zero-order valence-corrected chi connectivity index (χ0v) is 26.7. The average Bonchev–Trinajstić information content (AvgIpc) is 2.83. The molecule has 0 bridgehead atoms. The van der Waals surface area contributed by atoms with Crippen molar-refractivity contribution < 1.29 is 14.4 Å². The number of carbonyl (C=O) groups excluding carboxylic acids is 3. The van der Waals surface area contributed by atoms with E-state index in [1.807, 2.05) is 27.7 Å². The fraction of sp³-hybridized carbons (Fsp3) is 0.900. The first-order valence-electron chi connectivity index (χ1n) is 15.3. The minimum absolute atomic E-state index is 0.0245. The van der Waals surface area contributed by atoms with Crippen LogP contribution < -0.4 is 31.9 Å². The maximum absolute atomic E-state index is 13.5. The van der Waals surface area contributed by atoms with Gasteiger partial charge in [0.1, 0.15) is 6.04 Å². The molecule has 6 N–H and O–H groups in total. The molecule has 0 aliphatic heterocycles. The second-order valence-corrected chi connectivity index (χ2v) is 12.3. The minimum atomic E-state index is -0.701. The van der Waals surface area contributed by atoms with E-state index >= 15 is 0 Å². The summed E-state index contributed by atoms with van der Waals surface area (Å²) in [7, 11) is 0. The largest absolute Gasteiger partial charge is 0.344 e. The molecule has 0 saturated heterocycles. The molecule has 0 aliphatic rings. The summed E-state index contributed by atoms with van der Waals surface area (Å²) in [5, 5.41) is 19.5. The van der Waals surface area contributed by atoms with Crippen molar-refractivity contribution in [1.29, 1.82) is 0 Å². The summed E-state index contributed by atoms with van der Waals surface area (Å²) in [5.41, 5.74) is 0. The summed E-state index contributed by atoms with van der Waals surface area (Å²) in [6.07, 6.45) is 4.10. The molecule has 0 aromatic rings. The third kappa shape index (κ3) is 19.2. The van der Waals surface area contributed by atoms with E-state index in [0.29, 0.717) is 37.4 Å². The predicted molar refractivity (Wildman–Crippen MR) is 163 cm³/mol. The minimum Gasteiger partial charge on any atom is -0.344 e. The molecule has 0 fully saturated rings. The monoisotopic (exact) mass is 554 g/mol. The number of hydrogen-bond acceptors (Lipinski definition) is 7. The number of carbonyl (C=O) groups is 3. The Morgan fingerprint density at radius 3 is 1.23 bits per heavy atom. The van der Waals surface area contributed by atoms with E-state index in [9.17, 15) is 14.4 Å². The van der Waals surface area contributed by atoms with Gasteiger partial charge in [0, 0.05) is 30.1 Å². The Morgan fingerprint density at radius 2 is 0.846 bits per heavy atom. The molecule has 230 valence electrons. The number of amides is 2. The number of nitrogens with one attached hydrogen (secondary N) is 6. The molecule has 0 aromatic heterocycles. The Balaban J connectivity index is 5.52. The third-order valence-electron chi connectivity index (χ3n) is 6.38. The van der Waals surface area contributed by atoms with Gasteiger partial charge in [0.25, 0.3) is 0 Å². The van der Waals surface area contributed by atoms with Crippen molar-refractivity contribution in [2.75, 3.05) is 19.6 Å². The highest BCUT2D eigenvalue weighted by atomic mass is 16.2. The van der Waals surface area contributed by atoms with Crippen molar-refractivity contribution in [3.05, 3.63) is 0 Å². The van der Waals surface area contributed by atoms with Crippen molar-refractivity contribution >= 4 is 17.6 Å². The highest BCUT2D eigenvalue weighted by molar-refractivity contribution is 5.94. The predicted octanol–water partition coefficient (Wildman–Crippen LogP) is 2.88. The smallest absolute Gasteiger partial charge is 0.243 e. The Labute approximate surface area is 239 Å². The summed E-state index contributed by atoms with van der Waals surface area (Å²) in [6, 6.07) is -0.415. The Hall–Kier alpha value is -1.55. The molecule has 0 spiro atoms. The van der Waals surface area contributed by atoms with Gasteiger partial charge in [-0.25, -0.2) is 0 Å². The molecular weight excluding hydrogens is 492 g/mol. The number of ketones is 1. The molecular formula is C30H62N6O3. The van der Waals surface area contributed by atoms with Crippen molar-refractivity contribution in [3.8, 4) is 0 Å². The van der Waals surface area contributed by atoms with Gasteiger partial charge in [-0.2, -0.15) is 0 Å². The highest BCUT2D eigenvalue weighted by Gasteiger charge is 2.29. The lowest BCUT2D eigenvalue weighted by Gasteiger charge is -2.27. The average molecular weight is 555 g/mol. The van der Waals surface area contributed by atoms with Crippen LogP contribution in [0.3, 0.4) is 0 Å². The molecule has 9 nitrogen and oxygen atoms in total. The lowest BCUT2D eigenvalue weighted by molar-refractivity contribution is -0.133. The first-order valence-corrected chi connectivity index (χ1v) is 15.3. The van der Waals surface area contributed by atoms with Crippen LogP contribution in [0.25, 0.3) is 0 Å². The molecule has 3 unspecified atom stereocenters. The van der Waals surface area contributed by atoms with Gasteiger partial charge in [-0.1, -0.05) is 69.2 Å². The van der Waals surface area contributed by atoms with E-state index in [0.717, 1.165) is 38.9 Å². The van der Waals surface area contributed by atoms with Crippen LogP contribution in [0.15, 0.2) is 0 Å². The molecule has 0 saturated carbocycles. The molecule has 39 heavy (non-hydrogen) atoms. The summed E-state index contributed by atoms with van der Waals surface area (Å²) in [4.78, 5) is 39.9. The Kier molecular flexibility index (Phi) is 20.4. The van der Waals surface area contributed by atoms with E-state index in [1.54, 1.807) is 0 Å². The van der Waals surface area contributed by atoms with Crippen LogP contribution in [-0.4, -0.2) is 79.5 Å². The van der Waals surface area contributed by atoms with Gasteiger partial charge in [-0.3, -0.25) is 14.4 Å². The van der Waals surface area contributed by atoms with Gasteiger partial charge in [0.05, 0.1) is 12.1 Å². The zero-order valence-electron chi connectivity index (χ0n) is 26.7. The SMILES string of the molecule is CC(C)NCCCC(NC(=O)C(CCCNC(C)C)NC(C)C)C(=O)NC(CCCNC(C)C)C(=O)C(C)C. The van der Waals surface area contributed by atoms with Crippen molar-refractivity contribution in [2.24, 2.45) is 5.92 Å². The van der Waals surface area contributed by atoms with E-state index in [2.05, 4.69) is 73.4 Å². The second kappa shape index (κ2) is 21.2.